The van der Waals surface area contributed by atoms with E-state index in [1.165, 1.54) is 142 Å². The summed E-state index contributed by atoms with van der Waals surface area (Å²) in [6, 6.07) is 0. The lowest BCUT2D eigenvalue weighted by Crippen LogP contribution is -2.43. The Labute approximate surface area is 444 Å². The summed E-state index contributed by atoms with van der Waals surface area (Å²) in [6.45, 7) is 21.8. The Bertz CT molecular complexity index is 1170. The number of unbranched alkanes of at least 4 members (excludes halogenated alkanes) is 26. The Balaban J connectivity index is 5.38. The Morgan fingerprint density at radius 1 is 0.250 bits per heavy atom. The van der Waals surface area contributed by atoms with E-state index in [1.807, 2.05) is 0 Å². The van der Waals surface area contributed by atoms with Crippen LogP contribution >= 0.6 is 0 Å². The highest BCUT2D eigenvalue weighted by Crippen LogP contribution is 2.13. The van der Waals surface area contributed by atoms with Gasteiger partial charge in [-0.15, -0.1) is 0 Å². The predicted octanol–water partition coefficient (Wildman–Crippen LogP) is 13.7. The second-order valence-electron chi connectivity index (χ2n) is 20.8. The van der Waals surface area contributed by atoms with Crippen LogP contribution in [0.15, 0.2) is 0 Å². The smallest absolute Gasteiger partial charge is 0.307 e. The van der Waals surface area contributed by atoms with Crippen LogP contribution < -0.4 is 0 Å². The second-order valence-corrected chi connectivity index (χ2v) is 20.8. The van der Waals surface area contributed by atoms with Gasteiger partial charge >= 0.3 is 23.9 Å². The minimum Gasteiger partial charge on any atom is -0.469 e. The molecule has 0 rings (SSSR count). The Morgan fingerprint density at radius 2 is 0.458 bits per heavy atom. The van der Waals surface area contributed by atoms with Gasteiger partial charge < -0.3 is 38.5 Å². The third-order valence-corrected chi connectivity index (χ3v) is 14.1. The lowest BCUT2D eigenvalue weighted by molar-refractivity contribution is -0.145. The normalized spacial score (nSPS) is 11.6. The van der Waals surface area contributed by atoms with Crippen LogP contribution in [0.4, 0.5) is 0 Å². The van der Waals surface area contributed by atoms with Gasteiger partial charge in [0, 0.05) is 65.4 Å². The first kappa shape index (κ1) is 69.7. The zero-order valence-corrected chi connectivity index (χ0v) is 48.4. The third kappa shape index (κ3) is 48.6. The minimum absolute atomic E-state index is 0.159. The van der Waals surface area contributed by atoms with Gasteiger partial charge in [0.25, 0.3) is 0 Å². The van der Waals surface area contributed by atoms with Crippen LogP contribution in [0, 0.1) is 0 Å². The zero-order valence-electron chi connectivity index (χ0n) is 48.4. The Kier molecular flexibility index (Phi) is 53.2. The quantitative estimate of drug-likeness (QED) is 0.0328. The lowest BCUT2D eigenvalue weighted by atomic mass is 10.1. The van der Waals surface area contributed by atoms with Crippen molar-refractivity contribution in [3.63, 3.8) is 0 Å². The van der Waals surface area contributed by atoms with Gasteiger partial charge in [-0.1, -0.05) is 202 Å². The molecule has 0 aliphatic carbocycles. The van der Waals surface area contributed by atoms with E-state index < -0.39 is 0 Å². The standard InChI is InChI=1S/C60H118N4O8/c1-7-12-17-20-23-26-29-32-35-54-70-58(66)39-45-63(44-38-57(65)69-6)52-50-61(42-15-10-4)48-49-62(43-16-11-5)51-53-64(46-40-59(67)71-55-36-33-30-27-24-21-18-13-8-2)47-41-60(68)72-56-37-34-31-28-25-22-19-14-9-3/h7-56H2,1-6H3. The van der Waals surface area contributed by atoms with Crippen molar-refractivity contribution < 1.29 is 38.1 Å². The number of esters is 4. The van der Waals surface area contributed by atoms with Gasteiger partial charge in [-0.2, -0.15) is 0 Å². The molecular weight excluding hydrogens is 905 g/mol. The number of hydrogen-bond acceptors (Lipinski definition) is 12. The number of carbonyl (C=O) groups excluding carboxylic acids is 4. The van der Waals surface area contributed by atoms with Gasteiger partial charge in [0.2, 0.25) is 0 Å². The van der Waals surface area contributed by atoms with Crippen LogP contribution in [0.2, 0.25) is 0 Å². The lowest BCUT2D eigenvalue weighted by Gasteiger charge is -2.31. The molecular formula is C60H118N4O8. The molecule has 426 valence electrons. The van der Waals surface area contributed by atoms with E-state index in [2.05, 4.69) is 54.2 Å². The zero-order chi connectivity index (χ0) is 52.8. The molecule has 0 heterocycles. The van der Waals surface area contributed by atoms with E-state index in [1.54, 1.807) is 0 Å². The molecule has 0 aliphatic heterocycles. The van der Waals surface area contributed by atoms with E-state index in [9.17, 15) is 19.2 Å². The topological polar surface area (TPSA) is 118 Å². The minimum atomic E-state index is -0.242. The number of nitrogens with zero attached hydrogens (tertiary/aromatic N) is 4. The van der Waals surface area contributed by atoms with Crippen molar-refractivity contribution in [3.8, 4) is 0 Å². The molecule has 0 aromatic carbocycles. The summed E-state index contributed by atoms with van der Waals surface area (Å²) < 4.78 is 22.0. The van der Waals surface area contributed by atoms with Crippen molar-refractivity contribution >= 4 is 23.9 Å². The maximum atomic E-state index is 13.0. The molecule has 0 aromatic rings. The monoisotopic (exact) mass is 1020 g/mol. The van der Waals surface area contributed by atoms with Crippen LogP contribution in [-0.2, 0) is 38.1 Å². The molecule has 0 aromatic heterocycles. The van der Waals surface area contributed by atoms with Crippen molar-refractivity contribution in [1.29, 1.82) is 0 Å². The molecule has 0 atom stereocenters. The Morgan fingerprint density at radius 3 is 0.694 bits per heavy atom. The molecule has 12 heteroatoms. The van der Waals surface area contributed by atoms with E-state index in [0.29, 0.717) is 65.3 Å². The second kappa shape index (κ2) is 55.0. The van der Waals surface area contributed by atoms with E-state index in [0.717, 1.165) is 117 Å². The first-order valence-corrected chi connectivity index (χ1v) is 30.7. The summed E-state index contributed by atoms with van der Waals surface area (Å²) in [7, 11) is 1.42. The molecule has 12 nitrogen and oxygen atoms in total. The molecule has 0 unspecified atom stereocenters. The van der Waals surface area contributed by atoms with E-state index in [4.69, 9.17) is 18.9 Å². The van der Waals surface area contributed by atoms with Crippen molar-refractivity contribution in [1.82, 2.24) is 19.6 Å². The van der Waals surface area contributed by atoms with Crippen molar-refractivity contribution in [3.05, 3.63) is 0 Å². The van der Waals surface area contributed by atoms with E-state index >= 15 is 0 Å². The fraction of sp³-hybridized carbons (Fsp3) is 0.933. The van der Waals surface area contributed by atoms with Crippen molar-refractivity contribution in [2.75, 3.05) is 105 Å². The molecule has 72 heavy (non-hydrogen) atoms. The third-order valence-electron chi connectivity index (χ3n) is 14.1. The first-order chi connectivity index (χ1) is 35.2. The highest BCUT2D eigenvalue weighted by Gasteiger charge is 2.18. The fourth-order valence-corrected chi connectivity index (χ4v) is 9.07. The Hall–Kier alpha value is -2.28. The van der Waals surface area contributed by atoms with Gasteiger partial charge in [0.15, 0.2) is 0 Å². The summed E-state index contributed by atoms with van der Waals surface area (Å²) in [5.41, 5.74) is 0. The number of methoxy groups -OCH3 is 1. The molecule has 0 saturated carbocycles. The van der Waals surface area contributed by atoms with Gasteiger partial charge in [0.05, 0.1) is 52.6 Å². The largest absolute Gasteiger partial charge is 0.469 e. The number of rotatable bonds is 57. The van der Waals surface area contributed by atoms with Gasteiger partial charge in [0.1, 0.15) is 0 Å². The van der Waals surface area contributed by atoms with E-state index in [-0.39, 0.29) is 30.3 Å². The first-order valence-electron chi connectivity index (χ1n) is 30.7. The molecule has 0 N–H and O–H groups in total. The SMILES string of the molecule is CCCCCCCCCCCOC(=O)CCN(CCC(=O)OC)CCN(CCCC)CCN(CCCC)CCN(CCC(=O)OCCCCCCCCCCC)CCC(=O)OCCCCCCCCCCC. The van der Waals surface area contributed by atoms with Gasteiger partial charge in [-0.25, -0.2) is 0 Å². The predicted molar refractivity (Wildman–Crippen MR) is 301 cm³/mol. The highest BCUT2D eigenvalue weighted by atomic mass is 16.5. The fourth-order valence-electron chi connectivity index (χ4n) is 9.07. The van der Waals surface area contributed by atoms with Crippen LogP contribution in [0.25, 0.3) is 0 Å². The average Bonchev–Trinajstić information content (AvgIpc) is 3.38. The molecule has 0 aliphatic rings. The average molecular weight is 1020 g/mol. The molecule has 0 radical (unpaired) electrons. The molecule has 0 amide bonds. The maximum Gasteiger partial charge on any atom is 0.307 e. The number of ether oxygens (including phenoxy) is 4. The van der Waals surface area contributed by atoms with Crippen molar-refractivity contribution in [2.45, 2.75) is 259 Å². The highest BCUT2D eigenvalue weighted by molar-refractivity contribution is 5.70. The van der Waals surface area contributed by atoms with Crippen LogP contribution in [-0.4, -0.2) is 149 Å². The summed E-state index contributed by atoms with van der Waals surface area (Å²) in [4.78, 5) is 60.4. The van der Waals surface area contributed by atoms with Crippen LogP contribution in [0.1, 0.15) is 259 Å². The van der Waals surface area contributed by atoms with Gasteiger partial charge in [-0.3, -0.25) is 19.2 Å². The molecule has 0 bridgehead atoms. The van der Waals surface area contributed by atoms with Crippen LogP contribution in [0.3, 0.4) is 0 Å². The molecule has 0 saturated heterocycles. The summed E-state index contributed by atoms with van der Waals surface area (Å²) in [5, 5.41) is 0. The summed E-state index contributed by atoms with van der Waals surface area (Å²) >= 11 is 0. The van der Waals surface area contributed by atoms with Gasteiger partial charge in [-0.05, 0) is 45.2 Å². The summed E-state index contributed by atoms with van der Waals surface area (Å²) in [6.07, 6.45) is 38.7. The number of hydrogen-bond donors (Lipinski definition) is 0. The van der Waals surface area contributed by atoms with Crippen LogP contribution in [0.5, 0.6) is 0 Å². The molecule has 0 fully saturated rings. The summed E-state index contributed by atoms with van der Waals surface area (Å²) in [5.74, 6) is -0.728. The van der Waals surface area contributed by atoms with Crippen molar-refractivity contribution in [2.24, 2.45) is 0 Å². The maximum absolute atomic E-state index is 13.0. The molecule has 0 spiro atoms. The number of carbonyl (C=O) groups is 4.